The predicted octanol–water partition coefficient (Wildman–Crippen LogP) is 0.151. The van der Waals surface area contributed by atoms with Crippen LogP contribution in [0.4, 0.5) is 0 Å². The average Bonchev–Trinajstić information content (AvgIpc) is 2.20. The van der Waals surface area contributed by atoms with Gasteiger partial charge in [0.2, 0.25) is 0 Å². The number of carbonyl (C=O) groups is 2. The molecule has 0 aliphatic heterocycles. The molecule has 1 aromatic heterocycles. The van der Waals surface area contributed by atoms with Gasteiger partial charge in [-0.05, 0) is 13.0 Å². The van der Waals surface area contributed by atoms with Crippen molar-refractivity contribution >= 4 is 23.5 Å². The number of amides is 1. The van der Waals surface area contributed by atoms with Crippen LogP contribution in [0.2, 0.25) is 5.02 Å². The van der Waals surface area contributed by atoms with Gasteiger partial charge in [-0.15, -0.1) is 0 Å². The molecule has 0 fully saturated rings. The fourth-order valence-corrected chi connectivity index (χ4v) is 1.17. The molecule has 0 aliphatic carbocycles. The first-order valence-electron chi connectivity index (χ1n) is 4.31. The number of hydrogen-bond acceptors (Lipinski definition) is 3. The average molecular weight is 245 g/mol. The molecule has 0 spiro atoms. The third kappa shape index (κ3) is 2.83. The molecule has 0 aromatic carbocycles. The lowest BCUT2D eigenvalue weighted by Gasteiger charge is -2.03. The van der Waals surface area contributed by atoms with E-state index >= 15 is 0 Å². The van der Waals surface area contributed by atoms with E-state index in [2.05, 4.69) is 10.3 Å². The number of rotatable bonds is 3. The Hall–Kier alpha value is -1.82. The van der Waals surface area contributed by atoms with Gasteiger partial charge in [0, 0.05) is 5.69 Å². The number of carboxylic acid groups (broad SMARTS) is 1. The molecule has 0 atom stereocenters. The van der Waals surface area contributed by atoms with Crippen molar-refractivity contribution in [2.75, 3.05) is 6.54 Å². The van der Waals surface area contributed by atoms with Crippen LogP contribution in [0.25, 0.3) is 0 Å². The molecule has 6 nitrogen and oxygen atoms in total. The van der Waals surface area contributed by atoms with E-state index in [1.54, 1.807) is 6.92 Å². The molecule has 0 saturated heterocycles. The van der Waals surface area contributed by atoms with E-state index in [1.807, 2.05) is 0 Å². The van der Waals surface area contributed by atoms with E-state index in [0.717, 1.165) is 0 Å². The molecule has 0 aliphatic rings. The van der Waals surface area contributed by atoms with Crippen LogP contribution in [-0.4, -0.2) is 28.5 Å². The summed E-state index contributed by atoms with van der Waals surface area (Å²) >= 11 is 5.73. The van der Waals surface area contributed by atoms with Crippen LogP contribution in [0.3, 0.4) is 0 Å². The molecule has 16 heavy (non-hydrogen) atoms. The minimum atomic E-state index is -1.19. The molecule has 0 bridgehead atoms. The molecule has 1 aromatic rings. The number of aromatic amines is 1. The highest BCUT2D eigenvalue weighted by molar-refractivity contribution is 6.31. The Labute approximate surface area is 95.2 Å². The molecule has 1 heterocycles. The Morgan fingerprint density at radius 2 is 2.19 bits per heavy atom. The second-order valence-electron chi connectivity index (χ2n) is 3.06. The van der Waals surface area contributed by atoms with E-state index < -0.39 is 24.0 Å². The number of nitrogens with one attached hydrogen (secondary N) is 2. The molecule has 1 rings (SSSR count). The summed E-state index contributed by atoms with van der Waals surface area (Å²) in [5.74, 6) is -1.96. The van der Waals surface area contributed by atoms with Gasteiger partial charge >= 0.3 is 5.97 Å². The normalized spacial score (nSPS) is 9.88. The summed E-state index contributed by atoms with van der Waals surface area (Å²) < 4.78 is 0. The second kappa shape index (κ2) is 4.80. The Kier molecular flexibility index (Phi) is 3.68. The van der Waals surface area contributed by atoms with Crippen molar-refractivity contribution in [3.05, 3.63) is 32.7 Å². The van der Waals surface area contributed by atoms with Gasteiger partial charge in [0.25, 0.3) is 11.5 Å². The van der Waals surface area contributed by atoms with Gasteiger partial charge in [0.15, 0.2) is 0 Å². The van der Waals surface area contributed by atoms with E-state index in [9.17, 15) is 14.4 Å². The first kappa shape index (κ1) is 12.3. The smallest absolute Gasteiger partial charge is 0.322 e. The van der Waals surface area contributed by atoms with Crippen molar-refractivity contribution < 1.29 is 14.7 Å². The zero-order valence-electron chi connectivity index (χ0n) is 8.33. The van der Waals surface area contributed by atoms with Crippen molar-refractivity contribution in [2.24, 2.45) is 0 Å². The van der Waals surface area contributed by atoms with Crippen molar-refractivity contribution in [3.63, 3.8) is 0 Å². The highest BCUT2D eigenvalue weighted by atomic mass is 35.5. The van der Waals surface area contributed by atoms with Gasteiger partial charge < -0.3 is 15.4 Å². The number of carbonyl (C=O) groups excluding carboxylic acids is 1. The maximum absolute atomic E-state index is 11.4. The van der Waals surface area contributed by atoms with Gasteiger partial charge in [-0.3, -0.25) is 14.4 Å². The predicted molar refractivity (Wildman–Crippen MR) is 56.8 cm³/mol. The molecule has 0 radical (unpaired) electrons. The number of halogens is 1. The first-order chi connectivity index (χ1) is 7.41. The highest BCUT2D eigenvalue weighted by Crippen LogP contribution is 2.11. The van der Waals surface area contributed by atoms with Crippen LogP contribution in [-0.2, 0) is 4.79 Å². The monoisotopic (exact) mass is 244 g/mol. The van der Waals surface area contributed by atoms with Gasteiger partial charge in [-0.1, -0.05) is 11.6 Å². The van der Waals surface area contributed by atoms with Crippen LogP contribution < -0.4 is 10.9 Å². The zero-order chi connectivity index (χ0) is 12.3. The van der Waals surface area contributed by atoms with Crippen molar-refractivity contribution in [3.8, 4) is 0 Å². The molecule has 1 amide bonds. The Morgan fingerprint density at radius 1 is 1.56 bits per heavy atom. The fourth-order valence-electron chi connectivity index (χ4n) is 1.02. The summed E-state index contributed by atoms with van der Waals surface area (Å²) in [7, 11) is 0. The molecule has 0 unspecified atom stereocenters. The van der Waals surface area contributed by atoms with Gasteiger partial charge in [-0.25, -0.2) is 0 Å². The van der Waals surface area contributed by atoms with Crippen molar-refractivity contribution in [1.29, 1.82) is 0 Å². The van der Waals surface area contributed by atoms with Crippen LogP contribution in [0, 0.1) is 6.92 Å². The molecule has 7 heteroatoms. The van der Waals surface area contributed by atoms with Gasteiger partial charge in [0.1, 0.15) is 12.1 Å². The zero-order valence-corrected chi connectivity index (χ0v) is 9.09. The number of aliphatic carboxylic acids is 1. The Morgan fingerprint density at radius 3 is 2.75 bits per heavy atom. The van der Waals surface area contributed by atoms with E-state index in [1.165, 1.54) is 6.07 Å². The van der Waals surface area contributed by atoms with Gasteiger partial charge in [-0.2, -0.15) is 0 Å². The lowest BCUT2D eigenvalue weighted by molar-refractivity contribution is -0.135. The molecule has 0 saturated carbocycles. The summed E-state index contributed by atoms with van der Waals surface area (Å²) in [6.45, 7) is 1.03. The minimum Gasteiger partial charge on any atom is -0.480 e. The maximum atomic E-state index is 11.4. The topological polar surface area (TPSA) is 99.3 Å². The summed E-state index contributed by atoms with van der Waals surface area (Å²) in [6, 6.07) is 1.20. The molecule has 3 N–H and O–H groups in total. The Balaban J connectivity index is 2.96. The quantitative estimate of drug-likeness (QED) is 0.705. The largest absolute Gasteiger partial charge is 0.480 e. The lowest BCUT2D eigenvalue weighted by Crippen LogP contribution is -2.33. The van der Waals surface area contributed by atoms with Gasteiger partial charge in [0.05, 0.1) is 5.02 Å². The van der Waals surface area contributed by atoms with Crippen LogP contribution >= 0.6 is 11.6 Å². The number of aromatic nitrogens is 1. The van der Waals surface area contributed by atoms with Crippen LogP contribution in [0.15, 0.2) is 10.9 Å². The summed E-state index contributed by atoms with van der Waals surface area (Å²) in [5.41, 5.74) is -0.372. The highest BCUT2D eigenvalue weighted by Gasteiger charge is 2.13. The minimum absolute atomic E-state index is 0.211. The van der Waals surface area contributed by atoms with E-state index in [0.29, 0.717) is 5.69 Å². The third-order valence-corrected chi connectivity index (χ3v) is 2.21. The third-order valence-electron chi connectivity index (χ3n) is 1.82. The second-order valence-corrected chi connectivity index (χ2v) is 3.47. The van der Waals surface area contributed by atoms with E-state index in [4.69, 9.17) is 16.7 Å². The summed E-state index contributed by atoms with van der Waals surface area (Å²) in [6.07, 6.45) is 0. The molecular formula is C9H9ClN2O4. The number of hydrogen-bond donors (Lipinski definition) is 3. The molecule has 86 valence electrons. The van der Waals surface area contributed by atoms with E-state index in [-0.39, 0.29) is 10.6 Å². The number of aryl methyl sites for hydroxylation is 1. The fraction of sp³-hybridized carbons (Fsp3) is 0.222. The maximum Gasteiger partial charge on any atom is 0.322 e. The number of carboxylic acids is 1. The van der Waals surface area contributed by atoms with Crippen molar-refractivity contribution in [1.82, 2.24) is 10.3 Å². The summed E-state index contributed by atoms with van der Waals surface area (Å²) in [5, 5.41) is 10.7. The first-order valence-corrected chi connectivity index (χ1v) is 4.69. The standard InChI is InChI=1S/C9H9ClN2O4/c1-4-6(10)2-5(9(16)12-4)8(15)11-3-7(13)14/h2H,3H2,1H3,(H,11,15)(H,12,16)(H,13,14). The SMILES string of the molecule is Cc1[nH]c(=O)c(C(=O)NCC(=O)O)cc1Cl. The van der Waals surface area contributed by atoms with Crippen molar-refractivity contribution in [2.45, 2.75) is 6.92 Å². The Bertz CT molecular complexity index is 495. The van der Waals surface area contributed by atoms with Crippen LogP contribution in [0.5, 0.6) is 0 Å². The lowest BCUT2D eigenvalue weighted by atomic mass is 10.2. The number of H-pyrrole nitrogens is 1. The molecular weight excluding hydrogens is 236 g/mol. The summed E-state index contributed by atoms with van der Waals surface area (Å²) in [4.78, 5) is 35.3. The van der Waals surface area contributed by atoms with Crippen LogP contribution in [0.1, 0.15) is 16.1 Å². The number of pyridine rings is 1.